The number of allylic oxidation sites excluding steroid dienone is 4. The molecule has 1 aliphatic heterocycles. The maximum absolute atomic E-state index is 13.5. The monoisotopic (exact) mass is 446 g/mol. The van der Waals surface area contributed by atoms with Crippen LogP contribution in [-0.2, 0) is 17.5 Å². The highest BCUT2D eigenvalue weighted by Gasteiger charge is 2.32. The van der Waals surface area contributed by atoms with E-state index in [2.05, 4.69) is 15.6 Å². The molecule has 0 aromatic carbocycles. The van der Waals surface area contributed by atoms with Gasteiger partial charge in [0.15, 0.2) is 6.04 Å². The summed E-state index contributed by atoms with van der Waals surface area (Å²) in [6.07, 6.45) is 6.29. The third-order valence-electron chi connectivity index (χ3n) is 5.46. The Hall–Kier alpha value is -3.56. The molecule has 0 bridgehead atoms. The molecule has 4 rings (SSSR count). The highest BCUT2D eigenvalue weighted by molar-refractivity contribution is 5.78. The van der Waals surface area contributed by atoms with Gasteiger partial charge in [-0.3, -0.25) is 9.20 Å². The lowest BCUT2D eigenvalue weighted by molar-refractivity contribution is -0.139. The number of aliphatic carboxylic acids is 1. The van der Waals surface area contributed by atoms with Gasteiger partial charge in [-0.15, -0.1) is 0 Å². The number of nitrogens with zero attached hydrogens (tertiary/aromatic N) is 2. The minimum absolute atomic E-state index is 0.103. The van der Waals surface area contributed by atoms with E-state index in [0.717, 1.165) is 47.9 Å². The van der Waals surface area contributed by atoms with Crippen LogP contribution in [0.25, 0.3) is 11.2 Å². The van der Waals surface area contributed by atoms with Crippen LogP contribution in [0.15, 0.2) is 53.2 Å². The van der Waals surface area contributed by atoms with Crippen LogP contribution in [0.3, 0.4) is 0 Å². The molecule has 0 saturated heterocycles. The molecule has 2 aromatic rings. The molecule has 1 unspecified atom stereocenters. The Morgan fingerprint density at radius 1 is 1.31 bits per heavy atom. The number of fused-ring (bicyclic) bond motifs is 1. The number of alkyl halides is 3. The SMILES string of the molecule is O=C(O)C1NC=CC=C1NCc1cc(C(F)(F)F)cn2c(=O)cc(C3=CCCCC3)nc12. The molecule has 1 aliphatic carbocycles. The molecule has 0 radical (unpaired) electrons. The van der Waals surface area contributed by atoms with Gasteiger partial charge in [0.25, 0.3) is 5.56 Å². The van der Waals surface area contributed by atoms with Gasteiger partial charge in [-0.1, -0.05) is 6.08 Å². The maximum atomic E-state index is 13.5. The van der Waals surface area contributed by atoms with E-state index in [-0.39, 0.29) is 23.5 Å². The van der Waals surface area contributed by atoms with Crippen molar-refractivity contribution in [3.8, 4) is 0 Å². The molecule has 1 atom stereocenters. The average molecular weight is 446 g/mol. The first-order valence-electron chi connectivity index (χ1n) is 10.2. The number of aromatic nitrogens is 2. The lowest BCUT2D eigenvalue weighted by Gasteiger charge is -2.22. The molecule has 0 amide bonds. The highest BCUT2D eigenvalue weighted by Crippen LogP contribution is 2.31. The van der Waals surface area contributed by atoms with Crippen molar-refractivity contribution in [3.63, 3.8) is 0 Å². The minimum Gasteiger partial charge on any atom is -0.479 e. The number of halogens is 3. The number of carbonyl (C=O) groups is 1. The third-order valence-corrected chi connectivity index (χ3v) is 5.46. The molecule has 168 valence electrons. The van der Waals surface area contributed by atoms with E-state index in [0.29, 0.717) is 5.69 Å². The van der Waals surface area contributed by atoms with Crippen LogP contribution in [0.2, 0.25) is 0 Å². The topological polar surface area (TPSA) is 95.7 Å². The number of nitrogens with one attached hydrogen (secondary N) is 2. The van der Waals surface area contributed by atoms with Gasteiger partial charge in [0.05, 0.1) is 11.3 Å². The molecule has 0 saturated carbocycles. The van der Waals surface area contributed by atoms with Gasteiger partial charge in [-0.25, -0.2) is 9.78 Å². The van der Waals surface area contributed by atoms with Crippen LogP contribution in [0.4, 0.5) is 13.2 Å². The number of carboxylic acids is 1. The van der Waals surface area contributed by atoms with Crippen molar-refractivity contribution in [2.24, 2.45) is 0 Å². The van der Waals surface area contributed by atoms with Crippen molar-refractivity contribution >= 4 is 17.2 Å². The van der Waals surface area contributed by atoms with E-state index in [9.17, 15) is 27.9 Å². The summed E-state index contributed by atoms with van der Waals surface area (Å²) in [4.78, 5) is 28.7. The van der Waals surface area contributed by atoms with Crippen LogP contribution < -0.4 is 16.2 Å². The lowest BCUT2D eigenvalue weighted by atomic mass is 9.97. The second kappa shape index (κ2) is 8.52. The zero-order chi connectivity index (χ0) is 22.9. The van der Waals surface area contributed by atoms with Crippen LogP contribution in [0.1, 0.15) is 42.5 Å². The maximum Gasteiger partial charge on any atom is 0.417 e. The van der Waals surface area contributed by atoms with Crippen LogP contribution in [0, 0.1) is 0 Å². The zero-order valence-electron chi connectivity index (χ0n) is 16.9. The van der Waals surface area contributed by atoms with Crippen molar-refractivity contribution in [2.45, 2.75) is 44.4 Å². The minimum atomic E-state index is -4.66. The Morgan fingerprint density at radius 2 is 2.12 bits per heavy atom. The number of carboxylic acid groups (broad SMARTS) is 1. The highest BCUT2D eigenvalue weighted by atomic mass is 19.4. The molecule has 2 aromatic heterocycles. The molecule has 32 heavy (non-hydrogen) atoms. The number of rotatable bonds is 5. The Kier molecular flexibility index (Phi) is 5.77. The van der Waals surface area contributed by atoms with E-state index in [4.69, 9.17) is 0 Å². The fraction of sp³-hybridized carbons (Fsp3) is 0.318. The second-order valence-corrected chi connectivity index (χ2v) is 7.67. The Balaban J connectivity index is 1.79. The van der Waals surface area contributed by atoms with E-state index >= 15 is 0 Å². The van der Waals surface area contributed by atoms with Crippen molar-refractivity contribution in [3.05, 3.63) is 75.6 Å². The third kappa shape index (κ3) is 4.39. The van der Waals surface area contributed by atoms with E-state index < -0.39 is 29.3 Å². The Morgan fingerprint density at radius 3 is 2.81 bits per heavy atom. The molecule has 2 aliphatic rings. The van der Waals surface area contributed by atoms with Gasteiger partial charge >= 0.3 is 12.1 Å². The summed E-state index contributed by atoms with van der Waals surface area (Å²) in [6, 6.07) is 1.15. The first-order valence-corrected chi connectivity index (χ1v) is 10.2. The summed E-state index contributed by atoms with van der Waals surface area (Å²) in [6.45, 7) is -0.145. The fourth-order valence-electron chi connectivity index (χ4n) is 3.84. The second-order valence-electron chi connectivity index (χ2n) is 7.67. The fourth-order valence-corrected chi connectivity index (χ4v) is 3.84. The van der Waals surface area contributed by atoms with Gasteiger partial charge in [0.2, 0.25) is 0 Å². The summed E-state index contributed by atoms with van der Waals surface area (Å²) < 4.78 is 41.4. The van der Waals surface area contributed by atoms with Crippen molar-refractivity contribution < 1.29 is 23.1 Å². The molecule has 10 heteroatoms. The standard InChI is InChI=1S/C22H21F3N4O3/c23-22(24,25)15-9-14(11-27-16-7-4-8-26-19(16)21(31)32)20-28-17(10-18(30)29(20)12-15)13-5-2-1-3-6-13/h4-5,7-10,12,19,26-27H,1-3,6,11H2,(H,31,32). The first kappa shape index (κ1) is 21.7. The predicted octanol–water partition coefficient (Wildman–Crippen LogP) is 3.21. The number of pyridine rings is 1. The molecule has 0 fully saturated rings. The van der Waals surface area contributed by atoms with E-state index in [1.807, 2.05) is 6.08 Å². The van der Waals surface area contributed by atoms with Crippen molar-refractivity contribution in [1.82, 2.24) is 20.0 Å². The predicted molar refractivity (Wildman–Crippen MR) is 112 cm³/mol. The van der Waals surface area contributed by atoms with E-state index in [1.54, 1.807) is 6.08 Å². The smallest absolute Gasteiger partial charge is 0.417 e. The van der Waals surface area contributed by atoms with Crippen molar-refractivity contribution in [2.75, 3.05) is 0 Å². The van der Waals surface area contributed by atoms with Gasteiger partial charge in [-0.2, -0.15) is 13.2 Å². The van der Waals surface area contributed by atoms with E-state index in [1.165, 1.54) is 18.3 Å². The molecule has 0 spiro atoms. The van der Waals surface area contributed by atoms with Crippen LogP contribution in [0.5, 0.6) is 0 Å². The Labute approximate surface area is 181 Å². The van der Waals surface area contributed by atoms with Gasteiger partial charge in [-0.05, 0) is 55.7 Å². The first-order chi connectivity index (χ1) is 15.2. The molecule has 3 heterocycles. The summed E-state index contributed by atoms with van der Waals surface area (Å²) in [7, 11) is 0. The molecular weight excluding hydrogens is 425 g/mol. The van der Waals surface area contributed by atoms with Gasteiger partial charge < -0.3 is 15.7 Å². The summed E-state index contributed by atoms with van der Waals surface area (Å²) in [5.41, 5.74) is 0.296. The number of hydrogen-bond acceptors (Lipinski definition) is 5. The van der Waals surface area contributed by atoms with Crippen molar-refractivity contribution in [1.29, 1.82) is 0 Å². The summed E-state index contributed by atoms with van der Waals surface area (Å²) in [5.74, 6) is -1.14. The number of hydrogen-bond donors (Lipinski definition) is 3. The molecule has 3 N–H and O–H groups in total. The summed E-state index contributed by atoms with van der Waals surface area (Å²) in [5, 5.41) is 14.9. The van der Waals surface area contributed by atoms with Gasteiger partial charge in [0, 0.05) is 30.1 Å². The average Bonchev–Trinajstić information content (AvgIpc) is 2.77. The lowest BCUT2D eigenvalue weighted by Crippen LogP contribution is -2.41. The largest absolute Gasteiger partial charge is 0.479 e. The molecule has 7 nitrogen and oxygen atoms in total. The number of dihydropyridines is 1. The quantitative estimate of drug-likeness (QED) is 0.653. The normalized spacial score (nSPS) is 18.7. The summed E-state index contributed by atoms with van der Waals surface area (Å²) >= 11 is 0. The zero-order valence-corrected chi connectivity index (χ0v) is 16.9. The van der Waals surface area contributed by atoms with Gasteiger partial charge in [0.1, 0.15) is 5.65 Å². The van der Waals surface area contributed by atoms with Crippen LogP contribution >= 0.6 is 0 Å². The molecular formula is C22H21F3N4O3. The Bertz CT molecular complexity index is 1210. The van der Waals surface area contributed by atoms with Crippen LogP contribution in [-0.4, -0.2) is 26.5 Å².